The van der Waals surface area contributed by atoms with Crippen molar-refractivity contribution in [3.8, 4) is 5.75 Å². The summed E-state index contributed by atoms with van der Waals surface area (Å²) in [6.45, 7) is 1.08. The van der Waals surface area contributed by atoms with E-state index < -0.39 is 0 Å². The molecule has 0 radical (unpaired) electrons. The van der Waals surface area contributed by atoms with Crippen molar-refractivity contribution in [2.24, 2.45) is 5.73 Å². The van der Waals surface area contributed by atoms with Gasteiger partial charge in [0.1, 0.15) is 12.4 Å². The van der Waals surface area contributed by atoms with Gasteiger partial charge < -0.3 is 20.5 Å². The lowest BCUT2D eigenvalue weighted by atomic mass is 9.98. The van der Waals surface area contributed by atoms with E-state index in [2.05, 4.69) is 0 Å². The number of fused-ring (bicyclic) bond motifs is 1. The van der Waals surface area contributed by atoms with Crippen LogP contribution < -0.4 is 10.5 Å². The molecule has 3 N–H and O–H groups in total. The molecule has 1 aliphatic heterocycles. The van der Waals surface area contributed by atoms with Crippen molar-refractivity contribution in [3.63, 3.8) is 0 Å². The summed E-state index contributed by atoms with van der Waals surface area (Å²) < 4.78 is 17.9. The van der Waals surface area contributed by atoms with E-state index in [1.807, 2.05) is 0 Å². The third-order valence-corrected chi connectivity index (χ3v) is 3.46. The molecule has 1 aromatic carbocycles. The summed E-state index contributed by atoms with van der Waals surface area (Å²) in [5, 5.41) is 8.94. The molecule has 6 heteroatoms. The molecule has 1 amide bonds. The Hall–Kier alpha value is -1.92. The minimum atomic E-state index is -0.0804. The highest BCUT2D eigenvalue weighted by Crippen LogP contribution is 2.24. The standard InChI is InChI=1S/C15H19FN2O3/c16-8-11(9-17)10-21-13-1-2-14-12(7-13)3-4-18(5-6-19)15(14)20/h1-2,7-8,19H,3-6,9-10,17H2/b11-8+. The van der Waals surface area contributed by atoms with E-state index in [0.29, 0.717) is 42.7 Å². The second kappa shape index (κ2) is 7.19. The zero-order valence-corrected chi connectivity index (χ0v) is 11.7. The van der Waals surface area contributed by atoms with Crippen molar-refractivity contribution < 1.29 is 19.0 Å². The van der Waals surface area contributed by atoms with Gasteiger partial charge in [0.05, 0.1) is 12.9 Å². The predicted octanol–water partition coefficient (Wildman–Crippen LogP) is 0.868. The second-order valence-corrected chi connectivity index (χ2v) is 4.84. The highest BCUT2D eigenvalue weighted by molar-refractivity contribution is 5.96. The zero-order valence-electron chi connectivity index (χ0n) is 11.7. The fourth-order valence-electron chi connectivity index (χ4n) is 2.25. The quantitative estimate of drug-likeness (QED) is 0.816. The molecule has 0 saturated heterocycles. The number of ether oxygens (including phenoxy) is 1. The van der Waals surface area contributed by atoms with Gasteiger partial charge in [-0.25, -0.2) is 4.39 Å². The lowest BCUT2D eigenvalue weighted by Gasteiger charge is -2.28. The van der Waals surface area contributed by atoms with Crippen LogP contribution in [0.5, 0.6) is 5.75 Å². The van der Waals surface area contributed by atoms with Gasteiger partial charge in [-0.1, -0.05) is 0 Å². The molecule has 0 aromatic heterocycles. The zero-order chi connectivity index (χ0) is 15.2. The number of rotatable bonds is 6. The van der Waals surface area contributed by atoms with Crippen LogP contribution in [0.3, 0.4) is 0 Å². The monoisotopic (exact) mass is 294 g/mol. The number of carbonyl (C=O) groups excluding carboxylic acids is 1. The van der Waals surface area contributed by atoms with Crippen LogP contribution in [0, 0.1) is 0 Å². The number of amides is 1. The molecule has 0 saturated carbocycles. The molecule has 0 unspecified atom stereocenters. The Kier molecular flexibility index (Phi) is 5.30. The van der Waals surface area contributed by atoms with Crippen molar-refractivity contribution >= 4 is 5.91 Å². The van der Waals surface area contributed by atoms with Gasteiger partial charge in [0.2, 0.25) is 0 Å². The molecule has 21 heavy (non-hydrogen) atoms. The third-order valence-electron chi connectivity index (χ3n) is 3.46. The number of aliphatic hydroxyl groups excluding tert-OH is 1. The minimum absolute atomic E-state index is 0.0420. The Bertz CT molecular complexity index is 546. The average Bonchev–Trinajstić information content (AvgIpc) is 2.51. The summed E-state index contributed by atoms with van der Waals surface area (Å²) in [5.41, 5.74) is 7.27. The summed E-state index contributed by atoms with van der Waals surface area (Å²) in [5.74, 6) is 0.508. The highest BCUT2D eigenvalue weighted by Gasteiger charge is 2.24. The first-order chi connectivity index (χ1) is 10.2. The van der Waals surface area contributed by atoms with Gasteiger partial charge in [0.25, 0.3) is 5.91 Å². The van der Waals surface area contributed by atoms with Gasteiger partial charge in [0.15, 0.2) is 0 Å². The van der Waals surface area contributed by atoms with Crippen LogP contribution in [0.15, 0.2) is 30.1 Å². The topological polar surface area (TPSA) is 75.8 Å². The molecule has 0 spiro atoms. The van der Waals surface area contributed by atoms with E-state index in [9.17, 15) is 9.18 Å². The minimum Gasteiger partial charge on any atom is -0.489 e. The molecule has 2 rings (SSSR count). The molecular formula is C15H19FN2O3. The Morgan fingerprint density at radius 2 is 2.33 bits per heavy atom. The number of halogens is 1. The van der Waals surface area contributed by atoms with E-state index in [0.717, 1.165) is 5.56 Å². The summed E-state index contributed by atoms with van der Waals surface area (Å²) in [4.78, 5) is 13.8. The van der Waals surface area contributed by atoms with Crippen molar-refractivity contribution in [2.75, 3.05) is 32.8 Å². The van der Waals surface area contributed by atoms with Gasteiger partial charge in [-0.2, -0.15) is 0 Å². The summed E-state index contributed by atoms with van der Waals surface area (Å²) in [6, 6.07) is 5.19. The number of nitrogens with zero attached hydrogens (tertiary/aromatic N) is 1. The number of nitrogens with two attached hydrogens (primary N) is 1. The van der Waals surface area contributed by atoms with Crippen molar-refractivity contribution in [2.45, 2.75) is 6.42 Å². The van der Waals surface area contributed by atoms with E-state index in [-0.39, 0.29) is 25.7 Å². The fraction of sp³-hybridized carbons (Fsp3) is 0.400. The highest BCUT2D eigenvalue weighted by atomic mass is 19.1. The van der Waals surface area contributed by atoms with Gasteiger partial charge in [-0.15, -0.1) is 0 Å². The van der Waals surface area contributed by atoms with E-state index in [1.54, 1.807) is 23.1 Å². The molecule has 0 atom stereocenters. The maximum Gasteiger partial charge on any atom is 0.254 e. The Morgan fingerprint density at radius 1 is 1.52 bits per heavy atom. The second-order valence-electron chi connectivity index (χ2n) is 4.84. The van der Waals surface area contributed by atoms with E-state index >= 15 is 0 Å². The van der Waals surface area contributed by atoms with Crippen LogP contribution in [0.4, 0.5) is 4.39 Å². The molecule has 0 bridgehead atoms. The Morgan fingerprint density at radius 3 is 3.00 bits per heavy atom. The molecule has 0 fully saturated rings. The summed E-state index contributed by atoms with van der Waals surface area (Å²) >= 11 is 0. The van der Waals surface area contributed by atoms with Gasteiger partial charge in [-0.3, -0.25) is 4.79 Å². The molecule has 5 nitrogen and oxygen atoms in total. The SMILES string of the molecule is NC/C(=C\F)COc1ccc2c(c1)CCN(CCO)C2=O. The molecule has 1 aromatic rings. The first-order valence-electron chi connectivity index (χ1n) is 6.83. The largest absolute Gasteiger partial charge is 0.489 e. The van der Waals surface area contributed by atoms with Crippen LogP contribution in [0.25, 0.3) is 0 Å². The van der Waals surface area contributed by atoms with Crippen LogP contribution in [0.1, 0.15) is 15.9 Å². The number of benzene rings is 1. The Labute approximate surface area is 122 Å². The average molecular weight is 294 g/mol. The fourth-order valence-corrected chi connectivity index (χ4v) is 2.25. The molecule has 1 aliphatic rings. The van der Waals surface area contributed by atoms with Gasteiger partial charge in [-0.05, 0) is 30.2 Å². The molecule has 1 heterocycles. The summed E-state index contributed by atoms with van der Waals surface area (Å²) in [6.07, 6.45) is 1.16. The van der Waals surface area contributed by atoms with Crippen LogP contribution >= 0.6 is 0 Å². The molecular weight excluding hydrogens is 275 g/mol. The van der Waals surface area contributed by atoms with Crippen molar-refractivity contribution in [3.05, 3.63) is 41.2 Å². The maximum absolute atomic E-state index is 12.4. The smallest absolute Gasteiger partial charge is 0.254 e. The summed E-state index contributed by atoms with van der Waals surface area (Å²) in [7, 11) is 0. The van der Waals surface area contributed by atoms with Crippen LogP contribution in [-0.4, -0.2) is 48.8 Å². The number of aliphatic hydroxyl groups is 1. The van der Waals surface area contributed by atoms with Crippen molar-refractivity contribution in [1.82, 2.24) is 4.90 Å². The molecule has 0 aliphatic carbocycles. The van der Waals surface area contributed by atoms with Gasteiger partial charge >= 0.3 is 0 Å². The van der Waals surface area contributed by atoms with Gasteiger partial charge in [0, 0.05) is 30.8 Å². The van der Waals surface area contributed by atoms with Crippen LogP contribution in [-0.2, 0) is 6.42 Å². The lowest BCUT2D eigenvalue weighted by molar-refractivity contribution is 0.0705. The number of carbonyl (C=O) groups is 1. The first-order valence-corrected chi connectivity index (χ1v) is 6.83. The number of hydrogen-bond donors (Lipinski definition) is 2. The first kappa shape index (κ1) is 15.5. The number of β-amino-alcohol motifs (C(OH)–C–C–N with tert-alkyl or cyclic N) is 1. The normalized spacial score (nSPS) is 15.1. The predicted molar refractivity (Wildman–Crippen MR) is 76.9 cm³/mol. The van der Waals surface area contributed by atoms with Crippen molar-refractivity contribution in [1.29, 1.82) is 0 Å². The number of hydrogen-bond acceptors (Lipinski definition) is 4. The Balaban J connectivity index is 2.09. The lowest BCUT2D eigenvalue weighted by Crippen LogP contribution is -2.39. The van der Waals surface area contributed by atoms with Crippen LogP contribution in [0.2, 0.25) is 0 Å². The molecule has 114 valence electrons. The maximum atomic E-state index is 12.4. The van der Waals surface area contributed by atoms with E-state index in [4.69, 9.17) is 15.6 Å². The van der Waals surface area contributed by atoms with E-state index in [1.165, 1.54) is 0 Å². The third kappa shape index (κ3) is 3.59.